The molecule has 0 aliphatic heterocycles. The maximum absolute atomic E-state index is 14.2. The lowest BCUT2D eigenvalue weighted by Crippen LogP contribution is -2.13. The fourth-order valence-electron chi connectivity index (χ4n) is 2.30. The number of allylic oxidation sites excluding steroid dienone is 1. The summed E-state index contributed by atoms with van der Waals surface area (Å²) in [6, 6.07) is 3.18. The van der Waals surface area contributed by atoms with Gasteiger partial charge in [0.25, 0.3) is 0 Å². The monoisotopic (exact) mass is 317 g/mol. The summed E-state index contributed by atoms with van der Waals surface area (Å²) in [5, 5.41) is 18.2. The molecule has 1 unspecified atom stereocenters. The third kappa shape index (κ3) is 2.88. The lowest BCUT2D eigenvalue weighted by atomic mass is 10.0. The van der Waals surface area contributed by atoms with Crippen molar-refractivity contribution in [1.29, 1.82) is 0 Å². The molecular formula is C15H13F2N5O. The van der Waals surface area contributed by atoms with Crippen molar-refractivity contribution in [1.82, 2.24) is 24.5 Å². The predicted molar refractivity (Wildman–Crippen MR) is 78.6 cm³/mol. The Labute approximate surface area is 130 Å². The van der Waals surface area contributed by atoms with Gasteiger partial charge in [-0.05, 0) is 19.1 Å². The van der Waals surface area contributed by atoms with Gasteiger partial charge in [-0.3, -0.25) is 0 Å². The summed E-state index contributed by atoms with van der Waals surface area (Å²) in [5.41, 5.74) is 0.751. The summed E-state index contributed by atoms with van der Waals surface area (Å²) in [6.45, 7) is 1.66. The van der Waals surface area contributed by atoms with Gasteiger partial charge in [0.05, 0.1) is 18.7 Å². The molecule has 0 saturated carbocycles. The Kier molecular flexibility index (Phi) is 3.98. The van der Waals surface area contributed by atoms with Crippen LogP contribution in [-0.2, 0) is 0 Å². The standard InChI is InChI=1S/C15H13F2N5O/c1-10(22-7-5-19-20-22)14(15(23)21-6-4-18-9-21)12-3-2-11(16)8-13(12)17/h2-9,15,23H,1H3. The molecule has 8 heteroatoms. The van der Waals surface area contributed by atoms with Crippen LogP contribution in [0.25, 0.3) is 11.3 Å². The van der Waals surface area contributed by atoms with E-state index in [-0.39, 0.29) is 11.1 Å². The van der Waals surface area contributed by atoms with Crippen LogP contribution >= 0.6 is 0 Å². The van der Waals surface area contributed by atoms with Gasteiger partial charge in [-0.25, -0.2) is 18.4 Å². The molecule has 3 aromatic rings. The van der Waals surface area contributed by atoms with Crippen molar-refractivity contribution in [2.45, 2.75) is 13.2 Å². The fraction of sp³-hybridized carbons (Fsp3) is 0.133. The topological polar surface area (TPSA) is 68.8 Å². The maximum atomic E-state index is 14.2. The van der Waals surface area contributed by atoms with Crippen molar-refractivity contribution < 1.29 is 13.9 Å². The second-order valence-electron chi connectivity index (χ2n) is 4.85. The average Bonchev–Trinajstić information content (AvgIpc) is 3.22. The van der Waals surface area contributed by atoms with E-state index in [1.165, 1.54) is 34.0 Å². The second kappa shape index (κ2) is 6.09. The molecule has 1 atom stereocenters. The Morgan fingerprint density at radius 1 is 1.22 bits per heavy atom. The molecule has 0 aliphatic carbocycles. The molecule has 2 heterocycles. The lowest BCUT2D eigenvalue weighted by Gasteiger charge is -2.20. The van der Waals surface area contributed by atoms with E-state index in [9.17, 15) is 13.9 Å². The van der Waals surface area contributed by atoms with E-state index in [2.05, 4.69) is 15.3 Å². The highest BCUT2D eigenvalue weighted by atomic mass is 19.1. The van der Waals surface area contributed by atoms with Crippen LogP contribution in [-0.4, -0.2) is 29.7 Å². The zero-order valence-electron chi connectivity index (χ0n) is 12.1. The summed E-state index contributed by atoms with van der Waals surface area (Å²) in [7, 11) is 0. The van der Waals surface area contributed by atoms with Crippen LogP contribution in [0.4, 0.5) is 8.78 Å². The molecule has 0 spiro atoms. The van der Waals surface area contributed by atoms with Crippen LogP contribution in [0.5, 0.6) is 0 Å². The normalized spacial score (nSPS) is 13.7. The number of benzene rings is 1. The highest BCUT2D eigenvalue weighted by Crippen LogP contribution is 2.32. The first-order valence-corrected chi connectivity index (χ1v) is 6.76. The molecular weight excluding hydrogens is 304 g/mol. The van der Waals surface area contributed by atoms with E-state index < -0.39 is 17.9 Å². The van der Waals surface area contributed by atoms with E-state index in [4.69, 9.17) is 0 Å². The van der Waals surface area contributed by atoms with Gasteiger partial charge in [-0.1, -0.05) is 5.21 Å². The van der Waals surface area contributed by atoms with Gasteiger partial charge in [0, 0.05) is 35.3 Å². The van der Waals surface area contributed by atoms with E-state index in [0.717, 1.165) is 12.1 Å². The van der Waals surface area contributed by atoms with Gasteiger partial charge >= 0.3 is 0 Å². The van der Waals surface area contributed by atoms with Crippen LogP contribution in [0.2, 0.25) is 0 Å². The lowest BCUT2D eigenvalue weighted by molar-refractivity contribution is 0.164. The molecule has 3 rings (SSSR count). The van der Waals surface area contributed by atoms with E-state index in [1.54, 1.807) is 19.3 Å². The fourth-order valence-corrected chi connectivity index (χ4v) is 2.30. The smallest absolute Gasteiger partial charge is 0.160 e. The number of aromatic nitrogens is 5. The molecule has 0 bridgehead atoms. The van der Waals surface area contributed by atoms with Crippen molar-refractivity contribution >= 4 is 11.3 Å². The van der Waals surface area contributed by atoms with Gasteiger partial charge in [-0.2, -0.15) is 0 Å². The van der Waals surface area contributed by atoms with Crippen LogP contribution in [0.3, 0.4) is 0 Å². The van der Waals surface area contributed by atoms with Crippen LogP contribution in [0.1, 0.15) is 18.7 Å². The first-order chi connectivity index (χ1) is 11.1. The number of rotatable bonds is 4. The molecule has 0 radical (unpaired) electrons. The molecule has 0 fully saturated rings. The number of aliphatic hydroxyl groups is 1. The summed E-state index contributed by atoms with van der Waals surface area (Å²) < 4.78 is 30.2. The molecule has 0 saturated heterocycles. The van der Waals surface area contributed by atoms with Gasteiger partial charge in [0.2, 0.25) is 0 Å². The quantitative estimate of drug-likeness (QED) is 0.802. The van der Waals surface area contributed by atoms with Crippen LogP contribution in [0.15, 0.2) is 49.3 Å². The SMILES string of the molecule is CC(=C(c1ccc(F)cc1F)C(O)n1ccnc1)n1ccnn1. The summed E-state index contributed by atoms with van der Waals surface area (Å²) in [5.74, 6) is -1.47. The molecule has 118 valence electrons. The minimum atomic E-state index is -1.22. The number of nitrogens with zero attached hydrogens (tertiary/aromatic N) is 5. The largest absolute Gasteiger partial charge is 0.369 e. The highest BCUT2D eigenvalue weighted by Gasteiger charge is 2.22. The van der Waals surface area contributed by atoms with Crippen molar-refractivity contribution in [2.75, 3.05) is 0 Å². The zero-order chi connectivity index (χ0) is 16.4. The number of hydrogen-bond donors (Lipinski definition) is 1. The molecule has 0 amide bonds. The Morgan fingerprint density at radius 3 is 2.65 bits per heavy atom. The first-order valence-electron chi connectivity index (χ1n) is 6.76. The second-order valence-corrected chi connectivity index (χ2v) is 4.85. The molecule has 1 aromatic carbocycles. The number of imidazole rings is 1. The summed E-state index contributed by atoms with van der Waals surface area (Å²) >= 11 is 0. The van der Waals surface area contributed by atoms with Crippen molar-refractivity contribution in [3.05, 3.63) is 66.5 Å². The van der Waals surface area contributed by atoms with Gasteiger partial charge < -0.3 is 9.67 Å². The maximum Gasteiger partial charge on any atom is 0.160 e. The molecule has 0 aliphatic rings. The van der Waals surface area contributed by atoms with Gasteiger partial charge in [0.1, 0.15) is 11.6 Å². The Bertz CT molecular complexity index is 828. The number of aliphatic hydroxyl groups excluding tert-OH is 1. The Hall–Kier alpha value is -2.87. The molecule has 1 N–H and O–H groups in total. The van der Waals surface area contributed by atoms with Gasteiger partial charge in [0.15, 0.2) is 6.23 Å². The highest BCUT2D eigenvalue weighted by molar-refractivity contribution is 5.83. The van der Waals surface area contributed by atoms with E-state index >= 15 is 0 Å². The minimum absolute atomic E-state index is 0.0700. The predicted octanol–water partition coefficient (Wildman–Crippen LogP) is 2.33. The minimum Gasteiger partial charge on any atom is -0.369 e. The van der Waals surface area contributed by atoms with Crippen molar-refractivity contribution in [3.63, 3.8) is 0 Å². The van der Waals surface area contributed by atoms with Crippen LogP contribution in [0, 0.1) is 11.6 Å². The van der Waals surface area contributed by atoms with Crippen molar-refractivity contribution in [3.8, 4) is 0 Å². The molecule has 6 nitrogen and oxygen atoms in total. The molecule has 2 aromatic heterocycles. The third-order valence-electron chi connectivity index (χ3n) is 3.44. The number of hydrogen-bond acceptors (Lipinski definition) is 4. The Balaban J connectivity index is 2.20. The van der Waals surface area contributed by atoms with Crippen molar-refractivity contribution in [2.24, 2.45) is 0 Å². The van der Waals surface area contributed by atoms with E-state index in [0.29, 0.717) is 5.70 Å². The number of halogens is 2. The molecule has 23 heavy (non-hydrogen) atoms. The van der Waals surface area contributed by atoms with Crippen LogP contribution < -0.4 is 0 Å². The average molecular weight is 317 g/mol. The third-order valence-corrected chi connectivity index (χ3v) is 3.44. The van der Waals surface area contributed by atoms with Gasteiger partial charge in [-0.15, -0.1) is 5.10 Å². The zero-order valence-corrected chi connectivity index (χ0v) is 12.1. The first kappa shape index (κ1) is 15.0. The summed E-state index contributed by atoms with van der Waals surface area (Å²) in [6.07, 6.45) is 6.25. The van der Waals surface area contributed by atoms with E-state index in [1.807, 2.05) is 0 Å². The Morgan fingerprint density at radius 2 is 2.04 bits per heavy atom. The summed E-state index contributed by atoms with van der Waals surface area (Å²) in [4.78, 5) is 3.87.